The van der Waals surface area contributed by atoms with Crippen LogP contribution in [0.3, 0.4) is 0 Å². The third-order valence-corrected chi connectivity index (χ3v) is 4.17. The van der Waals surface area contributed by atoms with E-state index in [0.717, 1.165) is 11.1 Å². The zero-order valence-corrected chi connectivity index (χ0v) is 12.6. The summed E-state index contributed by atoms with van der Waals surface area (Å²) < 4.78 is 0.526. The number of nitrogens with zero attached hydrogens (tertiary/aromatic N) is 2. The van der Waals surface area contributed by atoms with Crippen LogP contribution in [-0.4, -0.2) is 11.2 Å². The van der Waals surface area contributed by atoms with Crippen LogP contribution in [0.25, 0.3) is 11.1 Å². The third kappa shape index (κ3) is 2.39. The molecule has 1 heterocycles. The Morgan fingerprint density at radius 2 is 2.00 bits per heavy atom. The fourth-order valence-corrected chi connectivity index (χ4v) is 3.15. The summed E-state index contributed by atoms with van der Waals surface area (Å²) in [6.45, 7) is 0. The highest BCUT2D eigenvalue weighted by Gasteiger charge is 2.18. The van der Waals surface area contributed by atoms with E-state index in [9.17, 15) is 5.26 Å². The minimum absolute atomic E-state index is 0.462. The van der Waals surface area contributed by atoms with E-state index < -0.39 is 0 Å². The van der Waals surface area contributed by atoms with Crippen molar-refractivity contribution in [3.05, 3.63) is 45.5 Å². The summed E-state index contributed by atoms with van der Waals surface area (Å²) in [6.07, 6.45) is 1.90. The van der Waals surface area contributed by atoms with Gasteiger partial charge in [0.1, 0.15) is 15.7 Å². The van der Waals surface area contributed by atoms with Gasteiger partial charge >= 0.3 is 0 Å². The minimum atomic E-state index is 0.462. The Bertz CT molecular complexity index is 622. The van der Waals surface area contributed by atoms with Crippen molar-refractivity contribution in [1.29, 1.82) is 5.26 Å². The van der Waals surface area contributed by atoms with Crippen molar-refractivity contribution in [1.82, 2.24) is 4.98 Å². The largest absolute Gasteiger partial charge is 0.232 e. The molecule has 0 spiro atoms. The van der Waals surface area contributed by atoms with Gasteiger partial charge in [0.15, 0.2) is 0 Å². The van der Waals surface area contributed by atoms with Crippen LogP contribution in [-0.2, 0) is 0 Å². The second-order valence-corrected chi connectivity index (χ2v) is 5.38. The van der Waals surface area contributed by atoms with Gasteiger partial charge in [0.25, 0.3) is 0 Å². The van der Waals surface area contributed by atoms with Gasteiger partial charge in [0.2, 0.25) is 0 Å². The number of nitriles is 1. The fourth-order valence-electron chi connectivity index (χ4n) is 1.63. The maximum absolute atomic E-state index is 9.26. The Hall–Kier alpha value is -1.02. The van der Waals surface area contributed by atoms with Crippen LogP contribution in [0.15, 0.2) is 40.0 Å². The Labute approximate surface area is 123 Å². The van der Waals surface area contributed by atoms with Gasteiger partial charge in [-0.15, -0.1) is 11.8 Å². The van der Waals surface area contributed by atoms with Crippen molar-refractivity contribution in [3.63, 3.8) is 0 Å². The number of hydrogen-bond donors (Lipinski definition) is 0. The quantitative estimate of drug-likeness (QED) is 0.585. The molecule has 0 radical (unpaired) electrons. The molecule has 2 rings (SSSR count). The summed E-state index contributed by atoms with van der Waals surface area (Å²) in [5.41, 5.74) is 2.10. The molecule has 0 saturated carbocycles. The Morgan fingerprint density at radius 1 is 1.33 bits per heavy atom. The molecule has 0 N–H and O–H groups in total. The van der Waals surface area contributed by atoms with Crippen LogP contribution in [0.5, 0.6) is 0 Å². The lowest BCUT2D eigenvalue weighted by atomic mass is 10.0. The predicted octanol–water partition coefficient (Wildman–Crippen LogP) is 4.76. The Balaban J connectivity index is 2.80. The van der Waals surface area contributed by atoms with Gasteiger partial charge in [-0.2, -0.15) is 5.26 Å². The molecule has 2 nitrogen and oxygen atoms in total. The SMILES string of the molecule is CSc1nc(Br)c(C#N)c(-c2ccccc2)c1Cl. The third-order valence-electron chi connectivity index (χ3n) is 2.43. The van der Waals surface area contributed by atoms with Gasteiger partial charge in [0, 0.05) is 5.56 Å². The van der Waals surface area contributed by atoms with Crippen LogP contribution in [0.2, 0.25) is 5.02 Å². The summed E-state index contributed by atoms with van der Waals surface area (Å²) in [4.78, 5) is 4.27. The van der Waals surface area contributed by atoms with E-state index >= 15 is 0 Å². The lowest BCUT2D eigenvalue weighted by molar-refractivity contribution is 1.10. The van der Waals surface area contributed by atoms with Crippen LogP contribution in [0.1, 0.15) is 5.56 Å². The molecule has 5 heteroatoms. The summed E-state index contributed by atoms with van der Waals surface area (Å²) in [5.74, 6) is 0. The van der Waals surface area contributed by atoms with E-state index in [2.05, 4.69) is 27.0 Å². The molecule has 1 aromatic carbocycles. The van der Waals surface area contributed by atoms with Crippen LogP contribution >= 0.6 is 39.3 Å². The van der Waals surface area contributed by atoms with Crippen molar-refractivity contribution in [2.24, 2.45) is 0 Å². The van der Waals surface area contributed by atoms with E-state index in [4.69, 9.17) is 11.6 Å². The van der Waals surface area contributed by atoms with Gasteiger partial charge in [-0.3, -0.25) is 0 Å². The highest BCUT2D eigenvalue weighted by Crippen LogP contribution is 2.39. The molecule has 0 fully saturated rings. The van der Waals surface area contributed by atoms with Crippen molar-refractivity contribution in [3.8, 4) is 17.2 Å². The van der Waals surface area contributed by atoms with Crippen LogP contribution in [0, 0.1) is 11.3 Å². The smallest absolute Gasteiger partial charge is 0.125 e. The van der Waals surface area contributed by atoms with Crippen LogP contribution in [0.4, 0.5) is 0 Å². The first-order valence-corrected chi connectivity index (χ1v) is 7.47. The number of rotatable bonds is 2. The first kappa shape index (κ1) is 13.4. The Kier molecular flexibility index (Phi) is 4.28. The molecule has 0 atom stereocenters. The number of thioether (sulfide) groups is 1. The van der Waals surface area contributed by atoms with Crippen molar-refractivity contribution in [2.45, 2.75) is 5.03 Å². The molecule has 0 aliphatic rings. The van der Waals surface area contributed by atoms with Crippen LogP contribution < -0.4 is 0 Å². The van der Waals surface area contributed by atoms with Gasteiger partial charge in [-0.25, -0.2) is 4.98 Å². The molecule has 90 valence electrons. The number of hydrogen-bond acceptors (Lipinski definition) is 3. The molecule has 0 saturated heterocycles. The first-order chi connectivity index (χ1) is 8.69. The molecule has 0 bridgehead atoms. The highest BCUT2D eigenvalue weighted by molar-refractivity contribution is 9.10. The molecule has 18 heavy (non-hydrogen) atoms. The summed E-state index contributed by atoms with van der Waals surface area (Å²) in [5, 5.41) is 10.5. The molecule has 0 aliphatic carbocycles. The van der Waals surface area contributed by atoms with Crippen molar-refractivity contribution in [2.75, 3.05) is 6.26 Å². The molecule has 0 unspecified atom stereocenters. The number of aromatic nitrogens is 1. The summed E-state index contributed by atoms with van der Waals surface area (Å²) in [6, 6.07) is 11.8. The second-order valence-electron chi connectivity index (χ2n) is 3.45. The molecule has 0 amide bonds. The predicted molar refractivity (Wildman–Crippen MR) is 78.9 cm³/mol. The summed E-state index contributed by atoms with van der Waals surface area (Å²) in [7, 11) is 0. The second kappa shape index (κ2) is 5.75. The standard InChI is InChI=1S/C13H8BrClN2S/c1-18-13-11(15)10(8-5-3-2-4-6-8)9(7-16)12(14)17-13/h2-6H,1H3. The normalized spacial score (nSPS) is 10.1. The lowest BCUT2D eigenvalue weighted by Crippen LogP contribution is -1.94. The van der Waals surface area contributed by atoms with Crippen molar-refractivity contribution < 1.29 is 0 Å². The number of halogens is 2. The summed E-state index contributed by atoms with van der Waals surface area (Å²) >= 11 is 11.1. The van der Waals surface area contributed by atoms with Gasteiger partial charge in [-0.05, 0) is 27.7 Å². The maximum Gasteiger partial charge on any atom is 0.125 e. The number of benzene rings is 1. The number of pyridine rings is 1. The minimum Gasteiger partial charge on any atom is -0.232 e. The molecular formula is C13H8BrClN2S. The average molecular weight is 340 g/mol. The van der Waals surface area contributed by atoms with E-state index in [1.54, 1.807) is 0 Å². The van der Waals surface area contributed by atoms with Crippen molar-refractivity contribution >= 4 is 39.3 Å². The highest BCUT2D eigenvalue weighted by atomic mass is 79.9. The van der Waals surface area contributed by atoms with E-state index in [1.807, 2.05) is 36.6 Å². The maximum atomic E-state index is 9.26. The van der Waals surface area contributed by atoms with E-state index in [0.29, 0.717) is 20.2 Å². The van der Waals surface area contributed by atoms with E-state index in [1.165, 1.54) is 11.8 Å². The molecule has 1 aromatic heterocycles. The topological polar surface area (TPSA) is 36.7 Å². The monoisotopic (exact) mass is 338 g/mol. The van der Waals surface area contributed by atoms with Gasteiger partial charge in [-0.1, -0.05) is 41.9 Å². The zero-order chi connectivity index (χ0) is 13.1. The Morgan fingerprint density at radius 3 is 2.56 bits per heavy atom. The van der Waals surface area contributed by atoms with E-state index in [-0.39, 0.29) is 0 Å². The fraction of sp³-hybridized carbons (Fsp3) is 0.0769. The average Bonchev–Trinajstić information content (AvgIpc) is 2.41. The molecule has 0 aliphatic heterocycles. The van der Waals surface area contributed by atoms with Gasteiger partial charge in [0.05, 0.1) is 10.6 Å². The molecule has 2 aromatic rings. The zero-order valence-electron chi connectivity index (χ0n) is 9.45. The first-order valence-electron chi connectivity index (χ1n) is 5.07. The van der Waals surface area contributed by atoms with Gasteiger partial charge < -0.3 is 0 Å². The molecular weight excluding hydrogens is 332 g/mol. The lowest BCUT2D eigenvalue weighted by Gasteiger charge is -2.11.